The van der Waals surface area contributed by atoms with Crippen molar-refractivity contribution in [2.45, 2.75) is 32.2 Å². The van der Waals surface area contributed by atoms with Gasteiger partial charge in [-0.05, 0) is 26.3 Å². The number of piperidine rings is 1. The van der Waals surface area contributed by atoms with Crippen LogP contribution in [-0.2, 0) is 6.54 Å². The van der Waals surface area contributed by atoms with Gasteiger partial charge in [0.2, 0.25) is 0 Å². The number of likely N-dealkylation sites (tertiary alicyclic amines) is 1. The van der Waals surface area contributed by atoms with Gasteiger partial charge in [0.1, 0.15) is 6.33 Å². The van der Waals surface area contributed by atoms with E-state index in [0.717, 1.165) is 43.3 Å². The van der Waals surface area contributed by atoms with Crippen LogP contribution in [0.1, 0.15) is 35.7 Å². The Balaban J connectivity index is 1.50. The zero-order chi connectivity index (χ0) is 16.4. The van der Waals surface area contributed by atoms with Crippen molar-refractivity contribution in [3.63, 3.8) is 0 Å². The summed E-state index contributed by atoms with van der Waals surface area (Å²) in [4.78, 5) is 15.8. The molecule has 3 aromatic heterocycles. The van der Waals surface area contributed by atoms with Crippen LogP contribution in [0.2, 0.25) is 0 Å². The minimum atomic E-state index is 0.418. The molecule has 124 valence electrons. The summed E-state index contributed by atoms with van der Waals surface area (Å²) in [6.07, 6.45) is 13.3. The van der Waals surface area contributed by atoms with Crippen LogP contribution < -0.4 is 0 Å². The Morgan fingerprint density at radius 3 is 3.00 bits per heavy atom. The molecule has 4 heterocycles. The van der Waals surface area contributed by atoms with Crippen LogP contribution in [-0.4, -0.2) is 47.7 Å². The number of hydrogen-bond acceptors (Lipinski definition) is 5. The average molecular weight is 323 g/mol. The van der Waals surface area contributed by atoms with Crippen molar-refractivity contribution in [1.29, 1.82) is 0 Å². The first-order valence-electron chi connectivity index (χ1n) is 8.31. The highest BCUT2D eigenvalue weighted by Crippen LogP contribution is 2.26. The molecule has 0 saturated carbocycles. The molecule has 0 unspecified atom stereocenters. The first-order chi connectivity index (χ1) is 11.8. The SMILES string of the molecule is Cc1[nH]ncc1CN1CCC[C@H](c2cncc(-n3ccnc3)n2)C1. The van der Waals surface area contributed by atoms with Crippen LogP contribution in [0.25, 0.3) is 5.82 Å². The van der Waals surface area contributed by atoms with Crippen LogP contribution in [0.3, 0.4) is 0 Å². The number of nitrogens with zero attached hydrogens (tertiary/aromatic N) is 6. The first-order valence-corrected chi connectivity index (χ1v) is 8.31. The van der Waals surface area contributed by atoms with Crippen LogP contribution in [0.4, 0.5) is 0 Å². The van der Waals surface area contributed by atoms with Crippen LogP contribution in [0.15, 0.2) is 37.3 Å². The number of imidazole rings is 1. The maximum Gasteiger partial charge on any atom is 0.156 e. The molecule has 0 aromatic carbocycles. The second kappa shape index (κ2) is 6.52. The molecule has 0 aliphatic carbocycles. The van der Waals surface area contributed by atoms with Crippen molar-refractivity contribution in [2.75, 3.05) is 13.1 Å². The van der Waals surface area contributed by atoms with E-state index < -0.39 is 0 Å². The Morgan fingerprint density at radius 1 is 1.25 bits per heavy atom. The third-order valence-electron chi connectivity index (χ3n) is 4.66. The van der Waals surface area contributed by atoms with Crippen molar-refractivity contribution in [2.24, 2.45) is 0 Å². The van der Waals surface area contributed by atoms with E-state index in [2.05, 4.69) is 32.0 Å². The number of hydrogen-bond donors (Lipinski definition) is 1. The molecule has 7 nitrogen and oxygen atoms in total. The van der Waals surface area contributed by atoms with E-state index in [1.165, 1.54) is 12.0 Å². The Morgan fingerprint density at radius 2 is 2.21 bits per heavy atom. The summed E-state index contributed by atoms with van der Waals surface area (Å²) in [7, 11) is 0. The highest BCUT2D eigenvalue weighted by molar-refractivity contribution is 5.22. The van der Waals surface area contributed by atoms with E-state index in [0.29, 0.717) is 5.92 Å². The molecule has 1 aliphatic rings. The third kappa shape index (κ3) is 3.07. The van der Waals surface area contributed by atoms with Gasteiger partial charge >= 0.3 is 0 Å². The largest absolute Gasteiger partial charge is 0.298 e. The molecule has 1 fully saturated rings. The summed E-state index contributed by atoms with van der Waals surface area (Å²) in [5, 5.41) is 7.14. The number of rotatable bonds is 4. The highest BCUT2D eigenvalue weighted by Gasteiger charge is 2.23. The predicted molar refractivity (Wildman–Crippen MR) is 89.7 cm³/mol. The second-order valence-electron chi connectivity index (χ2n) is 6.37. The van der Waals surface area contributed by atoms with Crippen LogP contribution >= 0.6 is 0 Å². The van der Waals surface area contributed by atoms with E-state index in [-0.39, 0.29) is 0 Å². The summed E-state index contributed by atoms with van der Waals surface area (Å²) in [6.45, 7) is 5.14. The molecule has 0 bridgehead atoms. The Kier molecular flexibility index (Phi) is 4.08. The molecule has 3 aromatic rings. The smallest absolute Gasteiger partial charge is 0.156 e. The summed E-state index contributed by atoms with van der Waals surface area (Å²) in [6, 6.07) is 0. The molecule has 0 radical (unpaired) electrons. The summed E-state index contributed by atoms with van der Waals surface area (Å²) in [5.74, 6) is 1.25. The first kappa shape index (κ1) is 15.0. The van der Waals surface area contributed by atoms with Gasteiger partial charge in [-0.2, -0.15) is 5.10 Å². The molecule has 4 rings (SSSR count). The quantitative estimate of drug-likeness (QED) is 0.795. The summed E-state index contributed by atoms with van der Waals surface area (Å²) < 4.78 is 1.89. The summed E-state index contributed by atoms with van der Waals surface area (Å²) >= 11 is 0. The van der Waals surface area contributed by atoms with Gasteiger partial charge in [0.25, 0.3) is 0 Å². The van der Waals surface area contributed by atoms with Gasteiger partial charge in [-0.25, -0.2) is 9.97 Å². The van der Waals surface area contributed by atoms with Crippen molar-refractivity contribution in [3.8, 4) is 5.82 Å². The highest BCUT2D eigenvalue weighted by atomic mass is 15.2. The zero-order valence-electron chi connectivity index (χ0n) is 13.8. The van der Waals surface area contributed by atoms with Crippen LogP contribution in [0, 0.1) is 6.92 Å². The Labute approximate surface area is 140 Å². The van der Waals surface area contributed by atoms with E-state index >= 15 is 0 Å². The van der Waals surface area contributed by atoms with Gasteiger partial charge in [-0.3, -0.25) is 19.5 Å². The number of aryl methyl sites for hydroxylation is 1. The van der Waals surface area contributed by atoms with Gasteiger partial charge in [-0.1, -0.05) is 0 Å². The molecular formula is C17H21N7. The fourth-order valence-electron chi connectivity index (χ4n) is 3.30. The van der Waals surface area contributed by atoms with E-state index in [1.807, 2.05) is 23.2 Å². The van der Waals surface area contributed by atoms with Crippen molar-refractivity contribution >= 4 is 0 Å². The third-order valence-corrected chi connectivity index (χ3v) is 4.66. The lowest BCUT2D eigenvalue weighted by atomic mass is 9.94. The van der Waals surface area contributed by atoms with Crippen molar-refractivity contribution in [1.82, 2.24) is 34.6 Å². The molecule has 1 saturated heterocycles. The van der Waals surface area contributed by atoms with Gasteiger partial charge in [-0.15, -0.1) is 0 Å². The minimum absolute atomic E-state index is 0.418. The Hall–Kier alpha value is -2.54. The predicted octanol–water partition coefficient (Wildman–Crippen LogP) is 2.07. The molecule has 0 spiro atoms. The fourth-order valence-corrected chi connectivity index (χ4v) is 3.30. The van der Waals surface area contributed by atoms with E-state index in [4.69, 9.17) is 4.98 Å². The monoisotopic (exact) mass is 323 g/mol. The number of nitrogens with one attached hydrogen (secondary N) is 1. The number of H-pyrrole nitrogens is 1. The number of aromatic amines is 1. The van der Waals surface area contributed by atoms with Crippen LogP contribution in [0.5, 0.6) is 0 Å². The zero-order valence-corrected chi connectivity index (χ0v) is 13.8. The molecule has 1 atom stereocenters. The number of aromatic nitrogens is 6. The maximum atomic E-state index is 4.80. The molecule has 1 aliphatic heterocycles. The fraction of sp³-hybridized carbons (Fsp3) is 0.412. The lowest BCUT2D eigenvalue weighted by molar-refractivity contribution is 0.198. The minimum Gasteiger partial charge on any atom is -0.298 e. The van der Waals surface area contributed by atoms with E-state index in [9.17, 15) is 0 Å². The topological polar surface area (TPSA) is 75.5 Å². The lowest BCUT2D eigenvalue weighted by Crippen LogP contribution is -2.34. The maximum absolute atomic E-state index is 4.80. The van der Waals surface area contributed by atoms with Gasteiger partial charge < -0.3 is 0 Å². The Bertz CT molecular complexity index is 793. The van der Waals surface area contributed by atoms with Gasteiger partial charge in [0.15, 0.2) is 5.82 Å². The molecule has 0 amide bonds. The average Bonchev–Trinajstić information content (AvgIpc) is 3.28. The standard InChI is InChI=1S/C17H21N7/c1-13-15(7-20-22-13)11-23-5-2-3-14(10-23)16-8-19-9-17(21-16)24-6-4-18-12-24/h4,6-9,12,14H,2-3,5,10-11H2,1H3,(H,20,22)/t14-/m0/s1. The molecule has 7 heteroatoms. The normalized spacial score (nSPS) is 18.8. The second-order valence-corrected chi connectivity index (χ2v) is 6.37. The lowest BCUT2D eigenvalue weighted by Gasteiger charge is -2.32. The van der Waals surface area contributed by atoms with E-state index in [1.54, 1.807) is 18.7 Å². The molecular weight excluding hydrogens is 302 g/mol. The molecule has 1 N–H and O–H groups in total. The van der Waals surface area contributed by atoms with Gasteiger partial charge in [0.05, 0.1) is 18.1 Å². The van der Waals surface area contributed by atoms with Gasteiger partial charge in [0, 0.05) is 48.9 Å². The van der Waals surface area contributed by atoms with Crippen molar-refractivity contribution < 1.29 is 0 Å². The summed E-state index contributed by atoms with van der Waals surface area (Å²) in [5.41, 5.74) is 3.49. The molecule has 24 heavy (non-hydrogen) atoms. The van der Waals surface area contributed by atoms with Crippen molar-refractivity contribution in [3.05, 3.63) is 54.3 Å².